The zero-order valence-electron chi connectivity index (χ0n) is 18.5. The molecule has 0 radical (unpaired) electrons. The second-order valence-electron chi connectivity index (χ2n) is 8.06. The van der Waals surface area contributed by atoms with Crippen molar-refractivity contribution in [1.29, 1.82) is 0 Å². The van der Waals surface area contributed by atoms with Crippen molar-refractivity contribution >= 4 is 27.5 Å². The number of aryl methyl sites for hydroxylation is 1. The van der Waals surface area contributed by atoms with Crippen LogP contribution in [0.2, 0.25) is 0 Å². The maximum atomic E-state index is 12.9. The van der Waals surface area contributed by atoms with E-state index in [1.807, 2.05) is 25.2 Å². The molecule has 2 aromatic rings. The number of sulfonamides is 1. The molecule has 9 heteroatoms. The molecule has 0 saturated heterocycles. The van der Waals surface area contributed by atoms with Gasteiger partial charge in [-0.1, -0.05) is 30.3 Å². The first-order valence-electron chi connectivity index (χ1n) is 10.6. The van der Waals surface area contributed by atoms with E-state index in [1.54, 1.807) is 12.1 Å². The summed E-state index contributed by atoms with van der Waals surface area (Å²) in [6.07, 6.45) is 1.59. The molecular formula is C23H30N4O4S. The Morgan fingerprint density at radius 3 is 2.59 bits per heavy atom. The number of carbonyl (C=O) groups is 2. The van der Waals surface area contributed by atoms with E-state index in [1.165, 1.54) is 18.7 Å². The van der Waals surface area contributed by atoms with Crippen LogP contribution < -0.4 is 10.6 Å². The first kappa shape index (κ1) is 23.9. The third kappa shape index (κ3) is 6.38. The van der Waals surface area contributed by atoms with Crippen LogP contribution in [0.3, 0.4) is 0 Å². The Kier molecular flexibility index (Phi) is 8.00. The Labute approximate surface area is 189 Å². The number of rotatable bonds is 10. The van der Waals surface area contributed by atoms with Gasteiger partial charge in [-0.2, -0.15) is 4.31 Å². The minimum atomic E-state index is -3.81. The Bertz CT molecular complexity index is 1060. The molecule has 0 fully saturated rings. The van der Waals surface area contributed by atoms with Gasteiger partial charge in [-0.15, -0.1) is 0 Å². The van der Waals surface area contributed by atoms with Crippen molar-refractivity contribution < 1.29 is 18.0 Å². The molecule has 2 N–H and O–H groups in total. The van der Waals surface area contributed by atoms with Gasteiger partial charge < -0.3 is 15.5 Å². The molecule has 172 valence electrons. The topological polar surface area (TPSA) is 98.8 Å². The Morgan fingerprint density at radius 2 is 1.84 bits per heavy atom. The predicted molar refractivity (Wildman–Crippen MR) is 124 cm³/mol. The van der Waals surface area contributed by atoms with E-state index in [-0.39, 0.29) is 23.3 Å². The zero-order valence-corrected chi connectivity index (χ0v) is 19.3. The summed E-state index contributed by atoms with van der Waals surface area (Å²) in [5.74, 6) is -0.417. The number of nitrogens with zero attached hydrogens (tertiary/aromatic N) is 2. The van der Waals surface area contributed by atoms with Crippen molar-refractivity contribution in [2.24, 2.45) is 0 Å². The Morgan fingerprint density at radius 1 is 1.09 bits per heavy atom. The minimum Gasteiger partial charge on any atom is -0.355 e. The van der Waals surface area contributed by atoms with Crippen LogP contribution in [-0.2, 0) is 32.6 Å². The lowest BCUT2D eigenvalue weighted by molar-refractivity contribution is -0.121. The zero-order chi connectivity index (χ0) is 23.1. The van der Waals surface area contributed by atoms with Gasteiger partial charge in [0.1, 0.15) is 0 Å². The fraction of sp³-hybridized carbons (Fsp3) is 0.391. The molecule has 0 atom stereocenters. The molecule has 0 aliphatic carbocycles. The van der Waals surface area contributed by atoms with Gasteiger partial charge >= 0.3 is 0 Å². The van der Waals surface area contributed by atoms with E-state index < -0.39 is 10.0 Å². The van der Waals surface area contributed by atoms with Gasteiger partial charge in [0.2, 0.25) is 21.8 Å². The van der Waals surface area contributed by atoms with Crippen molar-refractivity contribution in [1.82, 2.24) is 14.5 Å². The smallest absolute Gasteiger partial charge is 0.243 e. The van der Waals surface area contributed by atoms with E-state index in [0.29, 0.717) is 25.1 Å². The number of amides is 2. The summed E-state index contributed by atoms with van der Waals surface area (Å²) in [4.78, 5) is 26.0. The van der Waals surface area contributed by atoms with Crippen molar-refractivity contribution in [3.63, 3.8) is 0 Å². The molecule has 1 aliphatic heterocycles. The van der Waals surface area contributed by atoms with Gasteiger partial charge in [0.15, 0.2) is 0 Å². The third-order valence-electron chi connectivity index (χ3n) is 5.38. The SMILES string of the molecule is CN(CCCNC(=O)CN(C)S(=O)(=O)c1ccc2c(c1)CCC(=O)N2)Cc1ccccc1. The summed E-state index contributed by atoms with van der Waals surface area (Å²) in [6, 6.07) is 14.8. The molecule has 1 heterocycles. The number of fused-ring (bicyclic) bond motifs is 1. The molecule has 1 aliphatic rings. The summed E-state index contributed by atoms with van der Waals surface area (Å²) >= 11 is 0. The first-order valence-corrected chi connectivity index (χ1v) is 12.1. The maximum Gasteiger partial charge on any atom is 0.243 e. The van der Waals surface area contributed by atoms with Crippen molar-refractivity contribution in [3.05, 3.63) is 59.7 Å². The number of benzene rings is 2. The van der Waals surface area contributed by atoms with Crippen LogP contribution in [0.4, 0.5) is 5.69 Å². The molecule has 3 rings (SSSR count). The molecule has 2 aromatic carbocycles. The first-order chi connectivity index (χ1) is 15.3. The van der Waals surface area contributed by atoms with Gasteiger partial charge in [0.25, 0.3) is 0 Å². The molecule has 0 saturated carbocycles. The lowest BCUT2D eigenvalue weighted by Crippen LogP contribution is -2.39. The maximum absolute atomic E-state index is 12.9. The average Bonchev–Trinajstić information content (AvgIpc) is 2.77. The van der Waals surface area contributed by atoms with Crippen LogP contribution in [0, 0.1) is 0 Å². The van der Waals surface area contributed by atoms with Crippen LogP contribution in [0.1, 0.15) is 24.0 Å². The second kappa shape index (κ2) is 10.7. The van der Waals surface area contributed by atoms with E-state index in [0.717, 1.165) is 29.4 Å². The number of likely N-dealkylation sites (N-methyl/N-ethyl adjacent to an activating group) is 1. The van der Waals surface area contributed by atoms with Gasteiger partial charge in [-0.25, -0.2) is 8.42 Å². The molecule has 0 bridgehead atoms. The summed E-state index contributed by atoms with van der Waals surface area (Å²) in [6.45, 7) is 1.87. The number of anilines is 1. The van der Waals surface area contributed by atoms with Gasteiger partial charge in [-0.05, 0) is 55.8 Å². The molecule has 8 nitrogen and oxygen atoms in total. The van der Waals surface area contributed by atoms with Crippen molar-refractivity contribution in [2.45, 2.75) is 30.7 Å². The van der Waals surface area contributed by atoms with Crippen LogP contribution in [0.5, 0.6) is 0 Å². The lowest BCUT2D eigenvalue weighted by atomic mass is 10.0. The van der Waals surface area contributed by atoms with Crippen molar-refractivity contribution in [2.75, 3.05) is 39.0 Å². The van der Waals surface area contributed by atoms with Crippen LogP contribution in [0.25, 0.3) is 0 Å². The van der Waals surface area contributed by atoms with E-state index >= 15 is 0 Å². The molecule has 0 aromatic heterocycles. The second-order valence-corrected chi connectivity index (χ2v) is 10.1. The average molecular weight is 459 g/mol. The third-order valence-corrected chi connectivity index (χ3v) is 7.18. The largest absolute Gasteiger partial charge is 0.355 e. The van der Waals surface area contributed by atoms with Crippen LogP contribution >= 0.6 is 0 Å². The fourth-order valence-electron chi connectivity index (χ4n) is 3.59. The predicted octanol–water partition coefficient (Wildman–Crippen LogP) is 1.83. The van der Waals surface area contributed by atoms with E-state index in [2.05, 4.69) is 27.7 Å². The van der Waals surface area contributed by atoms with Gasteiger partial charge in [-0.3, -0.25) is 9.59 Å². The highest BCUT2D eigenvalue weighted by atomic mass is 32.2. The summed E-state index contributed by atoms with van der Waals surface area (Å²) in [7, 11) is -0.389. The molecular weight excluding hydrogens is 428 g/mol. The summed E-state index contributed by atoms with van der Waals surface area (Å²) in [5, 5.41) is 5.53. The number of hydrogen-bond acceptors (Lipinski definition) is 5. The van der Waals surface area contributed by atoms with Gasteiger partial charge in [0, 0.05) is 32.2 Å². The minimum absolute atomic E-state index is 0.0758. The van der Waals surface area contributed by atoms with Crippen molar-refractivity contribution in [3.8, 4) is 0 Å². The lowest BCUT2D eigenvalue weighted by Gasteiger charge is -2.20. The van der Waals surface area contributed by atoms with Gasteiger partial charge in [0.05, 0.1) is 11.4 Å². The highest BCUT2D eigenvalue weighted by molar-refractivity contribution is 7.89. The Balaban J connectivity index is 1.45. The number of carbonyl (C=O) groups excluding carboxylic acids is 2. The summed E-state index contributed by atoms with van der Waals surface area (Å²) < 4.78 is 26.8. The Hall–Kier alpha value is -2.75. The number of nitrogens with one attached hydrogen (secondary N) is 2. The molecule has 0 unspecified atom stereocenters. The fourth-order valence-corrected chi connectivity index (χ4v) is 4.77. The van der Waals surface area contributed by atoms with E-state index in [4.69, 9.17) is 0 Å². The summed E-state index contributed by atoms with van der Waals surface area (Å²) in [5.41, 5.74) is 2.65. The van der Waals surface area contributed by atoms with E-state index in [9.17, 15) is 18.0 Å². The van der Waals surface area contributed by atoms with Crippen LogP contribution in [0.15, 0.2) is 53.4 Å². The normalized spacial score (nSPS) is 13.7. The highest BCUT2D eigenvalue weighted by Gasteiger charge is 2.25. The molecule has 2 amide bonds. The highest BCUT2D eigenvalue weighted by Crippen LogP contribution is 2.26. The van der Waals surface area contributed by atoms with Crippen LogP contribution in [-0.4, -0.2) is 63.2 Å². The number of hydrogen-bond donors (Lipinski definition) is 2. The molecule has 0 spiro atoms. The standard InChI is InChI=1S/C23H30N4O4S/c1-26(16-18-7-4-3-5-8-18)14-6-13-24-23(29)17-27(2)32(30,31)20-10-11-21-19(15-20)9-12-22(28)25-21/h3-5,7-8,10-11,15H,6,9,12-14,16-17H2,1-2H3,(H,24,29)(H,25,28). The molecule has 32 heavy (non-hydrogen) atoms. The quantitative estimate of drug-likeness (QED) is 0.530. The monoisotopic (exact) mass is 458 g/mol.